The molecule has 2 aromatic rings. The lowest BCUT2D eigenvalue weighted by Gasteiger charge is -2.15. The molecule has 2 rings (SSSR count). The highest BCUT2D eigenvalue weighted by molar-refractivity contribution is 6.04. The molecule has 0 fully saturated rings. The second-order valence-corrected chi connectivity index (χ2v) is 5.82. The molecule has 0 bridgehead atoms. The van der Waals surface area contributed by atoms with Crippen LogP contribution < -0.4 is 10.1 Å². The van der Waals surface area contributed by atoms with E-state index in [-0.39, 0.29) is 17.9 Å². The van der Waals surface area contributed by atoms with Crippen LogP contribution in [0, 0.1) is 0 Å². The van der Waals surface area contributed by atoms with Gasteiger partial charge in [-0.05, 0) is 38.1 Å². The number of nitrogens with one attached hydrogen (secondary N) is 1. The maximum atomic E-state index is 12.5. The van der Waals surface area contributed by atoms with E-state index in [1.165, 1.54) is 12.0 Å². The number of ether oxygens (including phenoxy) is 1. The fourth-order valence-corrected chi connectivity index (χ4v) is 2.29. The second kappa shape index (κ2) is 7.16. The smallest absolute Gasteiger partial charge is 0.273 e. The van der Waals surface area contributed by atoms with E-state index in [9.17, 15) is 9.59 Å². The molecule has 0 aliphatic carbocycles. The summed E-state index contributed by atoms with van der Waals surface area (Å²) in [6, 6.07) is 6.69. The van der Waals surface area contributed by atoms with E-state index in [1.54, 1.807) is 49.2 Å². The standard InChI is InChI=1S/C17H22N4O3/c1-11(2)21-14(8-9-18-21)16(22)19-12-6-7-15(24-5)13(10-12)17(23)20(3)4/h6-11H,1-5H3,(H,19,22). The van der Waals surface area contributed by atoms with Crippen LogP contribution in [0.1, 0.15) is 40.7 Å². The molecule has 0 unspecified atom stereocenters. The quantitative estimate of drug-likeness (QED) is 0.913. The van der Waals surface area contributed by atoms with E-state index < -0.39 is 0 Å². The molecule has 7 nitrogen and oxygen atoms in total. The van der Waals surface area contributed by atoms with E-state index in [2.05, 4.69) is 10.4 Å². The van der Waals surface area contributed by atoms with Crippen LogP contribution in [0.4, 0.5) is 5.69 Å². The van der Waals surface area contributed by atoms with Crippen LogP contribution in [0.3, 0.4) is 0 Å². The van der Waals surface area contributed by atoms with Gasteiger partial charge in [0.2, 0.25) is 0 Å². The number of amides is 2. The maximum absolute atomic E-state index is 12.5. The van der Waals surface area contributed by atoms with Crippen molar-refractivity contribution in [2.45, 2.75) is 19.9 Å². The molecule has 1 heterocycles. The first-order chi connectivity index (χ1) is 11.3. The average Bonchev–Trinajstić information content (AvgIpc) is 3.04. The minimum Gasteiger partial charge on any atom is -0.496 e. The lowest BCUT2D eigenvalue weighted by molar-refractivity contribution is 0.0824. The fraction of sp³-hybridized carbons (Fsp3) is 0.353. The van der Waals surface area contributed by atoms with Gasteiger partial charge in [0.15, 0.2) is 0 Å². The summed E-state index contributed by atoms with van der Waals surface area (Å²) in [5, 5.41) is 6.95. The van der Waals surface area contributed by atoms with Crippen molar-refractivity contribution < 1.29 is 14.3 Å². The number of aromatic nitrogens is 2. The van der Waals surface area contributed by atoms with Crippen LogP contribution in [-0.4, -0.2) is 47.7 Å². The predicted octanol–water partition coefficient (Wildman–Crippen LogP) is 2.43. The summed E-state index contributed by atoms with van der Waals surface area (Å²) in [6.45, 7) is 3.90. The molecule has 0 radical (unpaired) electrons. The van der Waals surface area contributed by atoms with Gasteiger partial charge in [-0.2, -0.15) is 5.10 Å². The van der Waals surface area contributed by atoms with Crippen molar-refractivity contribution in [1.82, 2.24) is 14.7 Å². The van der Waals surface area contributed by atoms with Crippen molar-refractivity contribution in [3.05, 3.63) is 41.7 Å². The Hall–Kier alpha value is -2.83. The lowest BCUT2D eigenvalue weighted by Crippen LogP contribution is -2.23. The summed E-state index contributed by atoms with van der Waals surface area (Å²) in [5.74, 6) is -0.0243. The highest BCUT2D eigenvalue weighted by atomic mass is 16.5. The van der Waals surface area contributed by atoms with Gasteiger partial charge in [-0.15, -0.1) is 0 Å². The van der Waals surface area contributed by atoms with Gasteiger partial charge in [0.05, 0.1) is 12.7 Å². The van der Waals surface area contributed by atoms with E-state index in [1.807, 2.05) is 13.8 Å². The van der Waals surface area contributed by atoms with Gasteiger partial charge in [-0.3, -0.25) is 14.3 Å². The van der Waals surface area contributed by atoms with Gasteiger partial charge < -0.3 is 15.0 Å². The number of hydrogen-bond donors (Lipinski definition) is 1. The summed E-state index contributed by atoms with van der Waals surface area (Å²) in [7, 11) is 4.82. The number of carbonyl (C=O) groups is 2. The van der Waals surface area contributed by atoms with E-state index in [0.29, 0.717) is 22.7 Å². The Labute approximate surface area is 141 Å². The SMILES string of the molecule is COc1ccc(NC(=O)c2ccnn2C(C)C)cc1C(=O)N(C)C. The molecule has 1 aromatic carbocycles. The number of benzene rings is 1. The van der Waals surface area contributed by atoms with E-state index in [4.69, 9.17) is 4.74 Å². The van der Waals surface area contributed by atoms with Crippen molar-refractivity contribution in [2.75, 3.05) is 26.5 Å². The third kappa shape index (κ3) is 3.56. The Balaban J connectivity index is 2.30. The third-order valence-corrected chi connectivity index (χ3v) is 3.49. The lowest BCUT2D eigenvalue weighted by atomic mass is 10.1. The van der Waals surface area contributed by atoms with E-state index in [0.717, 1.165) is 0 Å². The zero-order valence-electron chi connectivity index (χ0n) is 14.5. The van der Waals surface area contributed by atoms with Gasteiger partial charge >= 0.3 is 0 Å². The first-order valence-corrected chi connectivity index (χ1v) is 7.59. The molecule has 7 heteroatoms. The van der Waals surface area contributed by atoms with Crippen molar-refractivity contribution >= 4 is 17.5 Å². The highest BCUT2D eigenvalue weighted by Gasteiger charge is 2.18. The number of hydrogen-bond acceptors (Lipinski definition) is 4. The molecule has 2 amide bonds. The van der Waals surface area contributed by atoms with Crippen LogP contribution in [0.25, 0.3) is 0 Å². The van der Waals surface area contributed by atoms with Gasteiger partial charge in [-0.1, -0.05) is 0 Å². The fourth-order valence-electron chi connectivity index (χ4n) is 2.29. The first kappa shape index (κ1) is 17.5. The monoisotopic (exact) mass is 330 g/mol. The minimum atomic E-state index is -0.283. The first-order valence-electron chi connectivity index (χ1n) is 7.59. The number of anilines is 1. The Bertz CT molecular complexity index is 750. The van der Waals surface area contributed by atoms with Crippen LogP contribution in [-0.2, 0) is 0 Å². The summed E-state index contributed by atoms with van der Waals surface area (Å²) in [5.41, 5.74) is 1.36. The van der Waals surface area contributed by atoms with Crippen LogP contribution in [0.5, 0.6) is 5.75 Å². The minimum absolute atomic E-state index is 0.0718. The topological polar surface area (TPSA) is 76.5 Å². The zero-order chi connectivity index (χ0) is 17.9. The van der Waals surface area contributed by atoms with Crippen LogP contribution in [0.15, 0.2) is 30.5 Å². The Morgan fingerprint density at radius 1 is 1.25 bits per heavy atom. The van der Waals surface area contributed by atoms with Gasteiger partial charge in [0, 0.05) is 32.0 Å². The molecular formula is C17H22N4O3. The van der Waals surface area contributed by atoms with Crippen molar-refractivity contribution in [3.63, 3.8) is 0 Å². The highest BCUT2D eigenvalue weighted by Crippen LogP contribution is 2.24. The maximum Gasteiger partial charge on any atom is 0.273 e. The Morgan fingerprint density at radius 2 is 1.96 bits per heavy atom. The largest absolute Gasteiger partial charge is 0.496 e. The predicted molar refractivity (Wildman–Crippen MR) is 91.6 cm³/mol. The second-order valence-electron chi connectivity index (χ2n) is 5.82. The Morgan fingerprint density at radius 3 is 2.54 bits per heavy atom. The number of rotatable bonds is 5. The van der Waals surface area contributed by atoms with Crippen molar-refractivity contribution in [2.24, 2.45) is 0 Å². The summed E-state index contributed by atoms with van der Waals surface area (Å²) in [4.78, 5) is 26.2. The number of nitrogens with zero attached hydrogens (tertiary/aromatic N) is 3. The molecule has 0 spiro atoms. The van der Waals surface area contributed by atoms with Gasteiger partial charge in [0.25, 0.3) is 11.8 Å². The van der Waals surface area contributed by atoms with E-state index >= 15 is 0 Å². The molecular weight excluding hydrogens is 308 g/mol. The molecule has 1 aromatic heterocycles. The van der Waals surface area contributed by atoms with Gasteiger partial charge in [-0.25, -0.2) is 0 Å². The third-order valence-electron chi connectivity index (χ3n) is 3.49. The molecule has 0 aliphatic rings. The van der Waals surface area contributed by atoms with Crippen LogP contribution >= 0.6 is 0 Å². The molecule has 1 N–H and O–H groups in total. The molecule has 128 valence electrons. The average molecular weight is 330 g/mol. The normalized spacial score (nSPS) is 10.6. The number of carbonyl (C=O) groups excluding carboxylic acids is 2. The Kier molecular flexibility index (Phi) is 5.23. The summed E-state index contributed by atoms with van der Waals surface area (Å²) < 4.78 is 6.87. The molecule has 0 saturated heterocycles. The van der Waals surface area contributed by atoms with Crippen molar-refractivity contribution in [3.8, 4) is 5.75 Å². The number of methoxy groups -OCH3 is 1. The van der Waals surface area contributed by atoms with Gasteiger partial charge in [0.1, 0.15) is 11.4 Å². The molecule has 0 saturated carbocycles. The molecule has 0 aliphatic heterocycles. The molecule has 24 heavy (non-hydrogen) atoms. The summed E-state index contributed by atoms with van der Waals surface area (Å²) in [6.07, 6.45) is 1.59. The molecule has 0 atom stereocenters. The zero-order valence-corrected chi connectivity index (χ0v) is 14.5. The van der Waals surface area contributed by atoms with Crippen molar-refractivity contribution in [1.29, 1.82) is 0 Å². The van der Waals surface area contributed by atoms with Crippen LogP contribution in [0.2, 0.25) is 0 Å². The summed E-state index contributed by atoms with van der Waals surface area (Å²) >= 11 is 0.